The molecule has 1 amide bonds. The quantitative estimate of drug-likeness (QED) is 0.757. The van der Waals surface area contributed by atoms with Crippen molar-refractivity contribution in [3.05, 3.63) is 55.0 Å². The van der Waals surface area contributed by atoms with Crippen LogP contribution in [0.25, 0.3) is 5.82 Å². The molecule has 24 heavy (non-hydrogen) atoms. The average molecular weight is 346 g/mol. The Morgan fingerprint density at radius 3 is 2.83 bits per heavy atom. The number of nitrogens with zero attached hydrogens (tertiary/aromatic N) is 4. The predicted molar refractivity (Wildman–Crippen MR) is 89.7 cm³/mol. The SMILES string of the molecule is C=CCN(C(=O)c1ccc(-n2cccn2)nc1)C1CCS(=O)(=O)C1. The molecule has 7 nitrogen and oxygen atoms in total. The Kier molecular flexibility index (Phi) is 4.48. The van der Waals surface area contributed by atoms with Crippen LogP contribution in [0, 0.1) is 0 Å². The van der Waals surface area contributed by atoms with Crippen LogP contribution in [0.3, 0.4) is 0 Å². The van der Waals surface area contributed by atoms with Gasteiger partial charge in [0.1, 0.15) is 0 Å². The standard InChI is InChI=1S/C16H18N4O3S/c1-2-8-19(14-6-10-24(22,23)12-14)16(21)13-4-5-15(17-11-13)20-9-3-7-18-20/h2-5,7,9,11,14H,1,6,8,10,12H2. The third-order valence-electron chi connectivity index (χ3n) is 3.97. The molecule has 1 aliphatic rings. The van der Waals surface area contributed by atoms with E-state index in [2.05, 4.69) is 16.7 Å². The topological polar surface area (TPSA) is 85.2 Å². The molecule has 0 spiro atoms. The molecule has 0 aromatic carbocycles. The van der Waals surface area contributed by atoms with E-state index in [1.165, 1.54) is 6.20 Å². The summed E-state index contributed by atoms with van der Waals surface area (Å²) < 4.78 is 25.0. The molecule has 3 heterocycles. The van der Waals surface area contributed by atoms with Gasteiger partial charge < -0.3 is 4.90 Å². The maximum atomic E-state index is 12.8. The fourth-order valence-electron chi connectivity index (χ4n) is 2.78. The van der Waals surface area contributed by atoms with Gasteiger partial charge in [-0.05, 0) is 24.6 Å². The van der Waals surface area contributed by atoms with Crippen molar-refractivity contribution in [2.45, 2.75) is 12.5 Å². The van der Waals surface area contributed by atoms with E-state index in [0.717, 1.165) is 0 Å². The monoisotopic (exact) mass is 346 g/mol. The first-order chi connectivity index (χ1) is 11.5. The van der Waals surface area contributed by atoms with Gasteiger partial charge in [-0.15, -0.1) is 6.58 Å². The van der Waals surface area contributed by atoms with E-state index < -0.39 is 9.84 Å². The molecule has 3 rings (SSSR count). The first-order valence-corrected chi connectivity index (χ1v) is 9.41. The van der Waals surface area contributed by atoms with Crippen LogP contribution in [0.1, 0.15) is 16.8 Å². The lowest BCUT2D eigenvalue weighted by atomic mass is 10.1. The zero-order valence-corrected chi connectivity index (χ0v) is 13.9. The van der Waals surface area contributed by atoms with Crippen LogP contribution >= 0.6 is 0 Å². The molecule has 0 saturated carbocycles. The average Bonchev–Trinajstić information content (AvgIpc) is 3.22. The summed E-state index contributed by atoms with van der Waals surface area (Å²) in [5.74, 6) is 0.493. The van der Waals surface area contributed by atoms with Gasteiger partial charge in [0.25, 0.3) is 5.91 Å². The summed E-state index contributed by atoms with van der Waals surface area (Å²) in [6.07, 6.45) is 6.96. The van der Waals surface area contributed by atoms with E-state index in [1.54, 1.807) is 46.3 Å². The van der Waals surface area contributed by atoms with Gasteiger partial charge in [-0.25, -0.2) is 18.1 Å². The number of carbonyl (C=O) groups excluding carboxylic acids is 1. The zero-order valence-electron chi connectivity index (χ0n) is 13.1. The number of hydrogen-bond donors (Lipinski definition) is 0. The van der Waals surface area contributed by atoms with E-state index in [4.69, 9.17) is 0 Å². The molecule has 126 valence electrons. The van der Waals surface area contributed by atoms with Crippen LogP contribution < -0.4 is 0 Å². The molecule has 1 atom stereocenters. The molecular formula is C16H18N4O3S. The lowest BCUT2D eigenvalue weighted by Gasteiger charge is -2.27. The van der Waals surface area contributed by atoms with Crippen molar-refractivity contribution in [1.82, 2.24) is 19.7 Å². The minimum atomic E-state index is -3.07. The second-order valence-corrected chi connectivity index (χ2v) is 7.89. The highest BCUT2D eigenvalue weighted by Crippen LogP contribution is 2.20. The Labute approximate surface area is 140 Å². The van der Waals surface area contributed by atoms with E-state index in [1.807, 2.05) is 0 Å². The number of carbonyl (C=O) groups is 1. The number of pyridine rings is 1. The molecule has 1 fully saturated rings. The van der Waals surface area contributed by atoms with Crippen molar-refractivity contribution in [3.63, 3.8) is 0 Å². The summed E-state index contributed by atoms with van der Waals surface area (Å²) in [6, 6.07) is 4.85. The van der Waals surface area contributed by atoms with Crippen LogP contribution in [0.2, 0.25) is 0 Å². The van der Waals surface area contributed by atoms with Crippen LogP contribution in [0.4, 0.5) is 0 Å². The van der Waals surface area contributed by atoms with Gasteiger partial charge >= 0.3 is 0 Å². The maximum Gasteiger partial charge on any atom is 0.255 e. The highest BCUT2D eigenvalue weighted by atomic mass is 32.2. The first kappa shape index (κ1) is 16.4. The molecule has 0 radical (unpaired) electrons. The highest BCUT2D eigenvalue weighted by Gasteiger charge is 2.34. The van der Waals surface area contributed by atoms with Crippen LogP contribution in [-0.4, -0.2) is 58.1 Å². The number of hydrogen-bond acceptors (Lipinski definition) is 5. The smallest absolute Gasteiger partial charge is 0.255 e. The van der Waals surface area contributed by atoms with Gasteiger partial charge in [-0.2, -0.15) is 5.10 Å². The molecule has 2 aromatic heterocycles. The Morgan fingerprint density at radius 1 is 1.46 bits per heavy atom. The van der Waals surface area contributed by atoms with Crippen LogP contribution in [0.15, 0.2) is 49.4 Å². The van der Waals surface area contributed by atoms with E-state index in [0.29, 0.717) is 24.3 Å². The summed E-state index contributed by atoms with van der Waals surface area (Å²) >= 11 is 0. The predicted octanol–water partition coefficient (Wildman–Crippen LogP) is 1.08. The zero-order chi connectivity index (χ0) is 17.2. The molecule has 1 aliphatic heterocycles. The minimum Gasteiger partial charge on any atom is -0.331 e. The molecule has 0 bridgehead atoms. The molecule has 1 saturated heterocycles. The van der Waals surface area contributed by atoms with Crippen molar-refractivity contribution < 1.29 is 13.2 Å². The van der Waals surface area contributed by atoms with Gasteiger partial charge in [0.2, 0.25) is 0 Å². The second-order valence-electron chi connectivity index (χ2n) is 5.66. The Balaban J connectivity index is 1.81. The van der Waals surface area contributed by atoms with Gasteiger partial charge in [0.15, 0.2) is 15.7 Å². The summed E-state index contributed by atoms with van der Waals surface area (Å²) in [5, 5.41) is 4.08. The minimum absolute atomic E-state index is 0.00534. The molecule has 8 heteroatoms. The molecular weight excluding hydrogens is 328 g/mol. The second kappa shape index (κ2) is 6.56. The molecule has 0 aliphatic carbocycles. The van der Waals surface area contributed by atoms with Crippen molar-refractivity contribution in [1.29, 1.82) is 0 Å². The van der Waals surface area contributed by atoms with Gasteiger partial charge in [-0.3, -0.25) is 4.79 Å². The van der Waals surface area contributed by atoms with Gasteiger partial charge in [0.05, 0.1) is 17.1 Å². The number of aromatic nitrogens is 3. The fraction of sp³-hybridized carbons (Fsp3) is 0.312. The molecule has 1 unspecified atom stereocenters. The summed E-state index contributed by atoms with van der Waals surface area (Å²) in [7, 11) is -3.07. The number of sulfone groups is 1. The molecule has 2 aromatic rings. The van der Waals surface area contributed by atoms with Gasteiger partial charge in [-0.1, -0.05) is 6.08 Å². The van der Waals surface area contributed by atoms with Crippen molar-refractivity contribution in [3.8, 4) is 5.82 Å². The normalized spacial score (nSPS) is 19.1. The maximum absolute atomic E-state index is 12.8. The van der Waals surface area contributed by atoms with E-state index in [9.17, 15) is 13.2 Å². The largest absolute Gasteiger partial charge is 0.331 e. The lowest BCUT2D eigenvalue weighted by Crippen LogP contribution is -2.41. The Morgan fingerprint density at radius 2 is 2.29 bits per heavy atom. The Hall–Kier alpha value is -2.48. The van der Waals surface area contributed by atoms with Gasteiger partial charge in [0, 0.05) is 31.2 Å². The summed E-state index contributed by atoms with van der Waals surface area (Å²) in [4.78, 5) is 18.6. The van der Waals surface area contributed by atoms with Crippen LogP contribution in [0.5, 0.6) is 0 Å². The third-order valence-corrected chi connectivity index (χ3v) is 5.72. The Bertz CT molecular complexity index is 829. The fourth-order valence-corrected chi connectivity index (χ4v) is 4.51. The van der Waals surface area contributed by atoms with E-state index >= 15 is 0 Å². The van der Waals surface area contributed by atoms with Crippen molar-refractivity contribution >= 4 is 15.7 Å². The van der Waals surface area contributed by atoms with Crippen molar-refractivity contribution in [2.75, 3.05) is 18.1 Å². The van der Waals surface area contributed by atoms with E-state index in [-0.39, 0.29) is 23.5 Å². The highest BCUT2D eigenvalue weighted by molar-refractivity contribution is 7.91. The lowest BCUT2D eigenvalue weighted by molar-refractivity contribution is 0.0720. The first-order valence-electron chi connectivity index (χ1n) is 7.58. The number of rotatable bonds is 5. The summed E-state index contributed by atoms with van der Waals surface area (Å²) in [5.41, 5.74) is 0.414. The van der Waals surface area contributed by atoms with Crippen LogP contribution in [-0.2, 0) is 9.84 Å². The molecule has 0 N–H and O–H groups in total. The number of amides is 1. The third kappa shape index (κ3) is 3.38. The summed E-state index contributed by atoms with van der Waals surface area (Å²) in [6.45, 7) is 3.97. The van der Waals surface area contributed by atoms with Crippen molar-refractivity contribution in [2.24, 2.45) is 0 Å².